The number of ether oxygens (including phenoxy) is 1. The van der Waals surface area contributed by atoms with Gasteiger partial charge in [-0.3, -0.25) is 4.90 Å². The van der Waals surface area contributed by atoms with Gasteiger partial charge in [-0.15, -0.1) is 0 Å². The van der Waals surface area contributed by atoms with Crippen LogP contribution in [0.3, 0.4) is 0 Å². The summed E-state index contributed by atoms with van der Waals surface area (Å²) in [5, 5.41) is 14.6. The lowest BCUT2D eigenvalue weighted by Gasteiger charge is -2.26. The zero-order valence-corrected chi connectivity index (χ0v) is 18.6. The minimum atomic E-state index is 0.157. The maximum Gasteiger partial charge on any atom is 0.165 e. The Labute approximate surface area is 193 Å². The number of hydrogen-bond donors (Lipinski definition) is 2. The molecule has 0 atom stereocenters. The van der Waals surface area contributed by atoms with Crippen LogP contribution >= 0.6 is 0 Å². The fourth-order valence-corrected chi connectivity index (χ4v) is 4.20. The van der Waals surface area contributed by atoms with Gasteiger partial charge in [0.15, 0.2) is 5.82 Å². The van der Waals surface area contributed by atoms with Gasteiger partial charge < -0.3 is 15.2 Å². The van der Waals surface area contributed by atoms with Crippen molar-refractivity contribution in [1.82, 2.24) is 14.9 Å². The number of rotatable bonds is 7. The molecule has 0 bridgehead atoms. The lowest BCUT2D eigenvalue weighted by atomic mass is 10.1. The maximum atomic E-state index is 10.3. The van der Waals surface area contributed by atoms with Crippen molar-refractivity contribution < 1.29 is 9.84 Å². The lowest BCUT2D eigenvalue weighted by Crippen LogP contribution is -2.33. The largest absolute Gasteiger partial charge is 0.507 e. The number of hydrogen-bond acceptors (Lipinski definition) is 6. The van der Waals surface area contributed by atoms with Gasteiger partial charge in [-0.05, 0) is 74.5 Å². The number of nitrogens with one attached hydrogen (secondary N) is 1. The van der Waals surface area contributed by atoms with Gasteiger partial charge in [0.05, 0.1) is 11.1 Å². The van der Waals surface area contributed by atoms with Gasteiger partial charge >= 0.3 is 0 Å². The van der Waals surface area contributed by atoms with Crippen LogP contribution in [0.4, 0.5) is 11.5 Å². The Bertz CT molecular complexity index is 1220. The molecule has 0 amide bonds. The molecule has 0 saturated carbocycles. The van der Waals surface area contributed by atoms with Crippen LogP contribution in [0.5, 0.6) is 11.5 Å². The Hall–Kier alpha value is -3.64. The van der Waals surface area contributed by atoms with E-state index in [-0.39, 0.29) is 5.75 Å². The lowest BCUT2D eigenvalue weighted by molar-refractivity contribution is 0.183. The SMILES string of the molecule is Oc1ccccc1-c1nc(Nc2ccc(OCCN3CCCCC3)cc2)c2ccccc2n1. The molecule has 3 aromatic carbocycles. The third-order valence-electron chi connectivity index (χ3n) is 5.99. The van der Waals surface area contributed by atoms with E-state index in [1.807, 2.05) is 60.7 Å². The van der Waals surface area contributed by atoms with E-state index in [2.05, 4.69) is 15.2 Å². The zero-order valence-electron chi connectivity index (χ0n) is 18.6. The highest BCUT2D eigenvalue weighted by atomic mass is 16.5. The standard InChI is InChI=1S/C27H28N4O2/c32-25-11-5-3-9-23(25)27-29-24-10-4-2-8-22(24)26(30-27)28-20-12-14-21(15-13-20)33-19-18-31-16-6-1-7-17-31/h2-5,8-15,32H,1,6-7,16-19H2,(H,28,29,30). The van der Waals surface area contributed by atoms with Gasteiger partial charge in [0.1, 0.15) is 23.9 Å². The van der Waals surface area contributed by atoms with E-state index in [4.69, 9.17) is 9.72 Å². The number of nitrogens with zero attached hydrogens (tertiary/aromatic N) is 3. The molecule has 1 aliphatic heterocycles. The normalized spacial score (nSPS) is 14.3. The van der Waals surface area contributed by atoms with Crippen LogP contribution in [0, 0.1) is 0 Å². The number of para-hydroxylation sites is 2. The highest BCUT2D eigenvalue weighted by Crippen LogP contribution is 2.31. The summed E-state index contributed by atoms with van der Waals surface area (Å²) in [6, 6.07) is 22.9. The Kier molecular flexibility index (Phi) is 6.35. The molecule has 0 radical (unpaired) electrons. The first-order valence-corrected chi connectivity index (χ1v) is 11.5. The quantitative estimate of drug-likeness (QED) is 0.389. The fraction of sp³-hybridized carbons (Fsp3) is 0.259. The summed E-state index contributed by atoms with van der Waals surface area (Å²) >= 11 is 0. The minimum absolute atomic E-state index is 0.157. The summed E-state index contributed by atoms with van der Waals surface area (Å²) in [5.41, 5.74) is 2.32. The van der Waals surface area contributed by atoms with Crippen molar-refractivity contribution >= 4 is 22.4 Å². The molecular weight excluding hydrogens is 412 g/mol. The molecule has 0 spiro atoms. The number of fused-ring (bicyclic) bond motifs is 1. The van der Waals surface area contributed by atoms with Gasteiger partial charge in [-0.1, -0.05) is 30.7 Å². The summed E-state index contributed by atoms with van der Waals surface area (Å²) < 4.78 is 5.95. The van der Waals surface area contributed by atoms with E-state index < -0.39 is 0 Å². The van der Waals surface area contributed by atoms with Crippen LogP contribution in [0.25, 0.3) is 22.3 Å². The zero-order chi connectivity index (χ0) is 22.5. The first-order valence-electron chi connectivity index (χ1n) is 11.5. The van der Waals surface area contributed by atoms with Gasteiger partial charge in [0.25, 0.3) is 0 Å². The fourth-order valence-electron chi connectivity index (χ4n) is 4.20. The average Bonchev–Trinajstić information content (AvgIpc) is 2.86. The van der Waals surface area contributed by atoms with Gasteiger partial charge in [0, 0.05) is 17.6 Å². The van der Waals surface area contributed by atoms with E-state index in [1.54, 1.807) is 12.1 Å². The molecule has 4 aromatic rings. The monoisotopic (exact) mass is 440 g/mol. The average molecular weight is 441 g/mol. The van der Waals surface area contributed by atoms with E-state index in [0.29, 0.717) is 23.8 Å². The van der Waals surface area contributed by atoms with Crippen molar-refractivity contribution in [3.8, 4) is 22.9 Å². The summed E-state index contributed by atoms with van der Waals surface area (Å²) in [6.07, 6.45) is 3.94. The summed E-state index contributed by atoms with van der Waals surface area (Å²) in [4.78, 5) is 11.9. The minimum Gasteiger partial charge on any atom is -0.507 e. The van der Waals surface area contributed by atoms with E-state index in [0.717, 1.165) is 28.9 Å². The van der Waals surface area contributed by atoms with E-state index >= 15 is 0 Å². The third-order valence-corrected chi connectivity index (χ3v) is 5.99. The summed E-state index contributed by atoms with van der Waals surface area (Å²) in [5.74, 6) is 2.19. The molecule has 6 heteroatoms. The third kappa shape index (κ3) is 5.07. The van der Waals surface area contributed by atoms with Crippen molar-refractivity contribution in [1.29, 1.82) is 0 Å². The molecule has 0 aliphatic carbocycles. The summed E-state index contributed by atoms with van der Waals surface area (Å²) in [6.45, 7) is 4.04. The second-order valence-corrected chi connectivity index (χ2v) is 8.33. The topological polar surface area (TPSA) is 70.5 Å². The van der Waals surface area contributed by atoms with Gasteiger partial charge in [0.2, 0.25) is 0 Å². The van der Waals surface area contributed by atoms with Crippen molar-refractivity contribution in [2.45, 2.75) is 19.3 Å². The van der Waals surface area contributed by atoms with Crippen LogP contribution < -0.4 is 10.1 Å². The Morgan fingerprint density at radius 1 is 0.848 bits per heavy atom. The molecule has 168 valence electrons. The molecule has 2 N–H and O–H groups in total. The van der Waals surface area contributed by atoms with Crippen molar-refractivity contribution in [3.63, 3.8) is 0 Å². The number of anilines is 2. The molecule has 5 rings (SSSR count). The van der Waals surface area contributed by atoms with Gasteiger partial charge in [-0.25, -0.2) is 9.97 Å². The first kappa shape index (κ1) is 21.2. The van der Waals surface area contributed by atoms with Crippen molar-refractivity contribution in [3.05, 3.63) is 72.8 Å². The number of likely N-dealkylation sites (tertiary alicyclic amines) is 1. The number of aromatic hydroxyl groups is 1. The predicted octanol–water partition coefficient (Wildman–Crippen LogP) is 5.61. The molecule has 0 unspecified atom stereocenters. The molecule has 6 nitrogen and oxygen atoms in total. The Balaban J connectivity index is 1.32. The number of piperidine rings is 1. The first-order chi connectivity index (χ1) is 16.3. The van der Waals surface area contributed by atoms with Crippen LogP contribution in [-0.2, 0) is 0 Å². The van der Waals surface area contributed by atoms with Crippen LogP contribution in [0.1, 0.15) is 19.3 Å². The number of aromatic nitrogens is 2. The Morgan fingerprint density at radius 3 is 2.42 bits per heavy atom. The number of phenolic OH excluding ortho intramolecular Hbond substituents is 1. The molecule has 1 aliphatic rings. The van der Waals surface area contributed by atoms with Crippen LogP contribution in [-0.4, -0.2) is 46.2 Å². The highest BCUT2D eigenvalue weighted by Gasteiger charge is 2.13. The predicted molar refractivity (Wildman–Crippen MR) is 132 cm³/mol. The molecule has 33 heavy (non-hydrogen) atoms. The van der Waals surface area contributed by atoms with Crippen molar-refractivity contribution in [2.24, 2.45) is 0 Å². The molecule has 1 aromatic heterocycles. The summed E-state index contributed by atoms with van der Waals surface area (Å²) in [7, 11) is 0. The molecule has 1 fully saturated rings. The van der Waals surface area contributed by atoms with Crippen molar-refractivity contribution in [2.75, 3.05) is 31.6 Å². The number of benzene rings is 3. The molecule has 2 heterocycles. The van der Waals surface area contributed by atoms with Crippen LogP contribution in [0.2, 0.25) is 0 Å². The maximum absolute atomic E-state index is 10.3. The smallest absolute Gasteiger partial charge is 0.165 e. The highest BCUT2D eigenvalue weighted by molar-refractivity contribution is 5.92. The van der Waals surface area contributed by atoms with E-state index in [9.17, 15) is 5.11 Å². The van der Waals surface area contributed by atoms with E-state index in [1.165, 1.54) is 32.4 Å². The Morgan fingerprint density at radius 2 is 1.61 bits per heavy atom. The molecule has 1 saturated heterocycles. The van der Waals surface area contributed by atoms with Gasteiger partial charge in [-0.2, -0.15) is 0 Å². The number of phenols is 1. The molecular formula is C27H28N4O2. The second-order valence-electron chi connectivity index (χ2n) is 8.33. The van der Waals surface area contributed by atoms with Crippen LogP contribution in [0.15, 0.2) is 72.8 Å². The second kappa shape index (κ2) is 9.88.